The van der Waals surface area contributed by atoms with Gasteiger partial charge in [-0.1, -0.05) is 34.6 Å². The van der Waals surface area contributed by atoms with Crippen LogP contribution in [0.1, 0.15) is 24.8 Å². The second kappa shape index (κ2) is 6.72. The first kappa shape index (κ1) is 14.8. The van der Waals surface area contributed by atoms with Gasteiger partial charge >= 0.3 is 0 Å². The summed E-state index contributed by atoms with van der Waals surface area (Å²) >= 11 is 10.1. The Labute approximate surface area is 130 Å². The van der Waals surface area contributed by atoms with Crippen molar-refractivity contribution in [2.24, 2.45) is 5.73 Å². The summed E-state index contributed by atoms with van der Waals surface area (Å²) in [6.45, 7) is 0. The molecule has 0 spiro atoms. The van der Waals surface area contributed by atoms with Crippen LogP contribution in [0.3, 0.4) is 0 Å². The molecule has 0 radical (unpaired) electrons. The van der Waals surface area contributed by atoms with Crippen molar-refractivity contribution in [2.75, 3.05) is 11.1 Å². The van der Waals surface area contributed by atoms with Gasteiger partial charge in [0.1, 0.15) is 4.99 Å². The molecule has 1 aromatic carbocycles. The predicted octanol–water partition coefficient (Wildman–Crippen LogP) is 3.31. The van der Waals surface area contributed by atoms with E-state index < -0.39 is 0 Å². The molecule has 1 heterocycles. The van der Waals surface area contributed by atoms with E-state index in [9.17, 15) is 4.79 Å². The highest BCUT2D eigenvalue weighted by molar-refractivity contribution is 9.10. The summed E-state index contributed by atoms with van der Waals surface area (Å²) < 4.78 is 0.888. The minimum Gasteiger partial charge on any atom is -0.389 e. The van der Waals surface area contributed by atoms with Gasteiger partial charge in [-0.05, 0) is 36.8 Å². The van der Waals surface area contributed by atoms with Crippen LogP contribution in [-0.2, 0) is 4.79 Å². The number of anilines is 1. The van der Waals surface area contributed by atoms with Gasteiger partial charge in [-0.15, -0.1) is 11.8 Å². The maximum absolute atomic E-state index is 12.2. The van der Waals surface area contributed by atoms with Gasteiger partial charge in [0.25, 0.3) is 0 Å². The molecule has 1 aliphatic heterocycles. The number of hydrogen-bond donors (Lipinski definition) is 2. The van der Waals surface area contributed by atoms with Crippen LogP contribution >= 0.6 is 39.9 Å². The van der Waals surface area contributed by atoms with Crippen LogP contribution in [-0.4, -0.2) is 21.9 Å². The Morgan fingerprint density at radius 3 is 2.89 bits per heavy atom. The fourth-order valence-electron chi connectivity index (χ4n) is 2.00. The van der Waals surface area contributed by atoms with Gasteiger partial charge in [-0.25, -0.2) is 0 Å². The Bertz CT molecular complexity index is 501. The van der Waals surface area contributed by atoms with Gasteiger partial charge in [-0.2, -0.15) is 0 Å². The van der Waals surface area contributed by atoms with Gasteiger partial charge in [0.05, 0.1) is 10.9 Å². The largest absolute Gasteiger partial charge is 0.389 e. The number of thioether (sulfide) groups is 1. The van der Waals surface area contributed by atoms with E-state index in [1.54, 1.807) is 11.8 Å². The van der Waals surface area contributed by atoms with Gasteiger partial charge < -0.3 is 11.1 Å². The summed E-state index contributed by atoms with van der Waals surface area (Å²) in [4.78, 5) is 12.5. The number of halogens is 1. The van der Waals surface area contributed by atoms with Gasteiger partial charge in [0.2, 0.25) is 5.91 Å². The van der Waals surface area contributed by atoms with Crippen LogP contribution in [0, 0.1) is 0 Å². The monoisotopic (exact) mass is 358 g/mol. The summed E-state index contributed by atoms with van der Waals surface area (Å²) in [5.74, 6) is 1.10. The fraction of sp³-hybridized carbons (Fsp3) is 0.385. The van der Waals surface area contributed by atoms with Gasteiger partial charge in [-0.3, -0.25) is 4.79 Å². The Morgan fingerprint density at radius 1 is 1.47 bits per heavy atom. The molecule has 1 fully saturated rings. The third-order valence-electron chi connectivity index (χ3n) is 2.98. The lowest BCUT2D eigenvalue weighted by Crippen LogP contribution is -2.28. The molecule has 1 amide bonds. The SMILES string of the molecule is NC(=S)c1ccc(Br)cc1NC(=O)C1CCCCS1. The molecule has 19 heavy (non-hydrogen) atoms. The number of rotatable bonds is 3. The highest BCUT2D eigenvalue weighted by atomic mass is 79.9. The van der Waals surface area contributed by atoms with Gasteiger partial charge in [0, 0.05) is 10.0 Å². The number of nitrogens with one attached hydrogen (secondary N) is 1. The number of benzene rings is 1. The van der Waals surface area contributed by atoms with Crippen molar-refractivity contribution in [1.82, 2.24) is 0 Å². The Balaban J connectivity index is 2.15. The Morgan fingerprint density at radius 2 is 2.26 bits per heavy atom. The summed E-state index contributed by atoms with van der Waals surface area (Å²) in [5, 5.41) is 2.98. The number of amides is 1. The first-order valence-corrected chi connectivity index (χ1v) is 8.35. The van der Waals surface area contributed by atoms with E-state index in [-0.39, 0.29) is 11.2 Å². The van der Waals surface area contributed by atoms with Crippen molar-refractivity contribution in [3.63, 3.8) is 0 Å². The lowest BCUT2D eigenvalue weighted by atomic mass is 10.1. The smallest absolute Gasteiger partial charge is 0.237 e. The minimum absolute atomic E-state index is 0.0342. The quantitative estimate of drug-likeness (QED) is 0.813. The van der Waals surface area contributed by atoms with E-state index in [1.165, 1.54) is 6.42 Å². The van der Waals surface area contributed by atoms with E-state index in [1.807, 2.05) is 18.2 Å². The second-order valence-electron chi connectivity index (χ2n) is 4.40. The normalized spacial score (nSPS) is 18.9. The van der Waals surface area contributed by atoms with Crippen molar-refractivity contribution in [2.45, 2.75) is 24.5 Å². The third kappa shape index (κ3) is 3.94. The molecule has 0 aromatic heterocycles. The maximum atomic E-state index is 12.2. The van der Waals surface area contributed by atoms with E-state index in [0.29, 0.717) is 16.2 Å². The first-order valence-electron chi connectivity index (χ1n) is 6.10. The van der Waals surface area contributed by atoms with Crippen molar-refractivity contribution in [3.8, 4) is 0 Å². The predicted molar refractivity (Wildman–Crippen MR) is 88.8 cm³/mol. The minimum atomic E-state index is 0.0342. The molecule has 6 heteroatoms. The molecule has 1 atom stereocenters. The Hall–Kier alpha value is -0.590. The topological polar surface area (TPSA) is 55.1 Å². The number of thiocarbonyl (C=S) groups is 1. The van der Waals surface area contributed by atoms with Crippen molar-refractivity contribution >= 4 is 56.5 Å². The van der Waals surface area contributed by atoms with Crippen LogP contribution in [0.5, 0.6) is 0 Å². The van der Waals surface area contributed by atoms with E-state index >= 15 is 0 Å². The fourth-order valence-corrected chi connectivity index (χ4v) is 3.73. The zero-order valence-corrected chi connectivity index (χ0v) is 13.5. The molecule has 0 bridgehead atoms. The zero-order valence-electron chi connectivity index (χ0n) is 10.3. The molecule has 3 nitrogen and oxygen atoms in total. The van der Waals surface area contributed by atoms with Crippen LogP contribution in [0.15, 0.2) is 22.7 Å². The first-order chi connectivity index (χ1) is 9.08. The van der Waals surface area contributed by atoms with Gasteiger partial charge in [0.15, 0.2) is 0 Å². The average molecular weight is 359 g/mol. The standard InChI is InChI=1S/C13H15BrN2OS2/c14-8-4-5-9(12(15)18)10(7-8)16-13(17)11-3-1-2-6-19-11/h4-5,7,11H,1-3,6H2,(H2,15,18)(H,16,17). The Kier molecular flexibility index (Phi) is 5.24. The number of carbonyl (C=O) groups is 1. The molecule has 102 valence electrons. The molecular weight excluding hydrogens is 344 g/mol. The molecule has 1 saturated heterocycles. The highest BCUT2D eigenvalue weighted by Crippen LogP contribution is 2.27. The maximum Gasteiger partial charge on any atom is 0.237 e. The molecule has 1 aromatic rings. The average Bonchev–Trinajstić information content (AvgIpc) is 2.39. The number of nitrogens with two attached hydrogens (primary N) is 1. The molecule has 0 saturated carbocycles. The highest BCUT2D eigenvalue weighted by Gasteiger charge is 2.22. The van der Waals surface area contributed by atoms with E-state index in [0.717, 1.165) is 23.1 Å². The molecule has 1 aliphatic rings. The third-order valence-corrected chi connectivity index (χ3v) is 5.07. The van der Waals surface area contributed by atoms with Crippen molar-refractivity contribution < 1.29 is 4.79 Å². The summed E-state index contributed by atoms with van der Waals surface area (Å²) in [7, 11) is 0. The lowest BCUT2D eigenvalue weighted by molar-refractivity contribution is -0.115. The van der Waals surface area contributed by atoms with E-state index in [4.69, 9.17) is 18.0 Å². The summed E-state index contributed by atoms with van der Waals surface area (Å²) in [5.41, 5.74) is 7.06. The van der Waals surface area contributed by atoms with Crippen molar-refractivity contribution in [3.05, 3.63) is 28.2 Å². The molecule has 3 N–H and O–H groups in total. The number of carbonyl (C=O) groups excluding carboxylic acids is 1. The van der Waals surface area contributed by atoms with Crippen LogP contribution in [0.25, 0.3) is 0 Å². The second-order valence-corrected chi connectivity index (χ2v) is 7.06. The lowest BCUT2D eigenvalue weighted by Gasteiger charge is -2.21. The van der Waals surface area contributed by atoms with E-state index in [2.05, 4.69) is 21.2 Å². The van der Waals surface area contributed by atoms with Crippen LogP contribution in [0.4, 0.5) is 5.69 Å². The molecule has 0 aliphatic carbocycles. The van der Waals surface area contributed by atoms with Crippen molar-refractivity contribution in [1.29, 1.82) is 0 Å². The summed E-state index contributed by atoms with van der Waals surface area (Å²) in [6.07, 6.45) is 3.25. The molecule has 2 rings (SSSR count). The summed E-state index contributed by atoms with van der Waals surface area (Å²) in [6, 6.07) is 5.51. The zero-order chi connectivity index (χ0) is 13.8. The number of hydrogen-bond acceptors (Lipinski definition) is 3. The van der Waals surface area contributed by atoms with Crippen LogP contribution in [0.2, 0.25) is 0 Å². The molecule has 1 unspecified atom stereocenters. The molecular formula is C13H15BrN2OS2. The van der Waals surface area contributed by atoms with Crippen LogP contribution < -0.4 is 11.1 Å².